The van der Waals surface area contributed by atoms with Gasteiger partial charge in [-0.15, -0.1) is 0 Å². The molecule has 0 aromatic rings. The molecular formula is C11H23NO3. The molecule has 0 aromatic heterocycles. The second-order valence-electron chi connectivity index (χ2n) is 5.63. The number of aliphatic hydroxyl groups is 3. The molecule has 90 valence electrons. The maximum Gasteiger partial charge on any atom is 0.0621 e. The molecule has 0 aromatic carbocycles. The molecule has 1 aliphatic rings. The molecule has 2 unspecified atom stereocenters. The van der Waals surface area contributed by atoms with E-state index in [9.17, 15) is 5.11 Å². The summed E-state index contributed by atoms with van der Waals surface area (Å²) in [7, 11) is 0. The molecule has 0 heterocycles. The van der Waals surface area contributed by atoms with Crippen LogP contribution in [0.1, 0.15) is 27.2 Å². The third-order valence-electron chi connectivity index (χ3n) is 3.75. The Hall–Kier alpha value is -0.160. The van der Waals surface area contributed by atoms with E-state index >= 15 is 0 Å². The normalized spacial score (nSPS) is 30.0. The summed E-state index contributed by atoms with van der Waals surface area (Å²) < 4.78 is 0. The van der Waals surface area contributed by atoms with Crippen LogP contribution in [-0.2, 0) is 0 Å². The van der Waals surface area contributed by atoms with Gasteiger partial charge >= 0.3 is 0 Å². The summed E-state index contributed by atoms with van der Waals surface area (Å²) in [5.74, 6) is 0. The van der Waals surface area contributed by atoms with E-state index in [4.69, 9.17) is 10.2 Å². The molecule has 4 nitrogen and oxygen atoms in total. The topological polar surface area (TPSA) is 72.7 Å². The number of hydrogen-bond acceptors (Lipinski definition) is 4. The van der Waals surface area contributed by atoms with E-state index < -0.39 is 5.41 Å². The van der Waals surface area contributed by atoms with Crippen LogP contribution in [0.3, 0.4) is 0 Å². The molecule has 0 amide bonds. The monoisotopic (exact) mass is 217 g/mol. The maximum atomic E-state index is 9.55. The van der Waals surface area contributed by atoms with Crippen LogP contribution in [0.25, 0.3) is 0 Å². The summed E-state index contributed by atoms with van der Waals surface area (Å²) in [6.45, 7) is 6.38. The van der Waals surface area contributed by atoms with Crippen molar-refractivity contribution in [2.45, 2.75) is 39.3 Å². The maximum absolute atomic E-state index is 9.55. The molecule has 0 saturated heterocycles. The van der Waals surface area contributed by atoms with Crippen molar-refractivity contribution in [3.8, 4) is 0 Å². The molecular weight excluding hydrogens is 194 g/mol. The molecule has 15 heavy (non-hydrogen) atoms. The lowest BCUT2D eigenvalue weighted by Gasteiger charge is -2.50. The second-order valence-corrected chi connectivity index (χ2v) is 5.63. The average molecular weight is 217 g/mol. The Labute approximate surface area is 91.3 Å². The van der Waals surface area contributed by atoms with Crippen molar-refractivity contribution < 1.29 is 15.3 Å². The molecule has 1 aliphatic carbocycles. The highest BCUT2D eigenvalue weighted by atomic mass is 16.3. The zero-order valence-electron chi connectivity index (χ0n) is 9.82. The van der Waals surface area contributed by atoms with Crippen LogP contribution >= 0.6 is 0 Å². The minimum Gasteiger partial charge on any atom is -0.396 e. The van der Waals surface area contributed by atoms with Crippen molar-refractivity contribution in [2.75, 3.05) is 19.8 Å². The summed E-state index contributed by atoms with van der Waals surface area (Å²) in [6.07, 6.45) is 0.504. The minimum atomic E-state index is -0.476. The fraction of sp³-hybridized carbons (Fsp3) is 1.00. The SMILES string of the molecule is CC(CO)(CO)CNC1CC(O)C1(C)C. The largest absolute Gasteiger partial charge is 0.396 e. The van der Waals surface area contributed by atoms with Gasteiger partial charge in [0, 0.05) is 23.4 Å². The van der Waals surface area contributed by atoms with Gasteiger partial charge in [0.25, 0.3) is 0 Å². The lowest BCUT2D eigenvalue weighted by molar-refractivity contribution is -0.0773. The fourth-order valence-corrected chi connectivity index (χ4v) is 1.78. The van der Waals surface area contributed by atoms with Crippen molar-refractivity contribution in [1.29, 1.82) is 0 Å². The van der Waals surface area contributed by atoms with E-state index in [2.05, 4.69) is 5.32 Å². The molecule has 0 spiro atoms. The van der Waals surface area contributed by atoms with E-state index in [-0.39, 0.29) is 30.8 Å². The molecule has 4 N–H and O–H groups in total. The van der Waals surface area contributed by atoms with Crippen LogP contribution in [0.2, 0.25) is 0 Å². The van der Waals surface area contributed by atoms with Gasteiger partial charge in [0.05, 0.1) is 19.3 Å². The third-order valence-corrected chi connectivity index (χ3v) is 3.75. The predicted octanol–water partition coefficient (Wildman–Crippen LogP) is -0.274. The van der Waals surface area contributed by atoms with E-state index in [1.807, 2.05) is 20.8 Å². The Bertz CT molecular complexity index is 214. The smallest absolute Gasteiger partial charge is 0.0621 e. The highest BCUT2D eigenvalue weighted by Gasteiger charge is 2.47. The van der Waals surface area contributed by atoms with Crippen LogP contribution in [0.15, 0.2) is 0 Å². The van der Waals surface area contributed by atoms with Gasteiger partial charge in [0.2, 0.25) is 0 Å². The predicted molar refractivity (Wildman–Crippen MR) is 58.5 cm³/mol. The first-order valence-electron chi connectivity index (χ1n) is 5.49. The molecule has 0 radical (unpaired) electrons. The lowest BCUT2D eigenvalue weighted by atomic mass is 9.64. The Morgan fingerprint density at radius 2 is 1.87 bits per heavy atom. The number of rotatable bonds is 5. The van der Waals surface area contributed by atoms with Gasteiger partial charge in [0.1, 0.15) is 0 Å². The van der Waals surface area contributed by atoms with E-state index in [0.29, 0.717) is 6.54 Å². The van der Waals surface area contributed by atoms with E-state index in [1.165, 1.54) is 0 Å². The van der Waals surface area contributed by atoms with Crippen LogP contribution in [-0.4, -0.2) is 47.2 Å². The van der Waals surface area contributed by atoms with Gasteiger partial charge in [-0.25, -0.2) is 0 Å². The van der Waals surface area contributed by atoms with Crippen molar-refractivity contribution in [3.05, 3.63) is 0 Å². The number of aliphatic hydroxyl groups excluding tert-OH is 3. The second kappa shape index (κ2) is 4.37. The van der Waals surface area contributed by atoms with Gasteiger partial charge in [-0.05, 0) is 6.42 Å². The standard InChI is InChI=1S/C11H23NO3/c1-10(2)8(4-9(10)15)12-5-11(3,6-13)7-14/h8-9,12-15H,4-7H2,1-3H3. The van der Waals surface area contributed by atoms with Gasteiger partial charge in [0.15, 0.2) is 0 Å². The van der Waals surface area contributed by atoms with E-state index in [0.717, 1.165) is 6.42 Å². The molecule has 2 atom stereocenters. The summed E-state index contributed by atoms with van der Waals surface area (Å²) in [4.78, 5) is 0. The molecule has 1 fully saturated rings. The van der Waals surface area contributed by atoms with Gasteiger partial charge in [-0.1, -0.05) is 20.8 Å². The Balaban J connectivity index is 2.39. The molecule has 1 saturated carbocycles. The zero-order valence-corrected chi connectivity index (χ0v) is 9.82. The van der Waals surface area contributed by atoms with Crippen molar-refractivity contribution >= 4 is 0 Å². The van der Waals surface area contributed by atoms with Crippen LogP contribution in [0.4, 0.5) is 0 Å². The first-order valence-corrected chi connectivity index (χ1v) is 5.49. The third kappa shape index (κ3) is 2.50. The quantitative estimate of drug-likeness (QED) is 0.511. The fourth-order valence-electron chi connectivity index (χ4n) is 1.78. The molecule has 4 heteroatoms. The highest BCUT2D eigenvalue weighted by molar-refractivity contribution is 5.02. The summed E-state index contributed by atoms with van der Waals surface area (Å²) in [5, 5.41) is 31.1. The van der Waals surface area contributed by atoms with E-state index in [1.54, 1.807) is 0 Å². The average Bonchev–Trinajstić information content (AvgIpc) is 2.23. The van der Waals surface area contributed by atoms with Crippen molar-refractivity contribution in [3.63, 3.8) is 0 Å². The van der Waals surface area contributed by atoms with Crippen LogP contribution in [0, 0.1) is 10.8 Å². The van der Waals surface area contributed by atoms with Crippen LogP contribution in [0.5, 0.6) is 0 Å². The first kappa shape index (κ1) is 12.9. The van der Waals surface area contributed by atoms with Crippen LogP contribution < -0.4 is 5.32 Å². The number of nitrogens with one attached hydrogen (secondary N) is 1. The summed E-state index contributed by atoms with van der Waals surface area (Å²) in [6, 6.07) is 0.268. The molecule has 0 bridgehead atoms. The minimum absolute atomic E-state index is 0.0355. The van der Waals surface area contributed by atoms with Crippen molar-refractivity contribution in [2.24, 2.45) is 10.8 Å². The summed E-state index contributed by atoms with van der Waals surface area (Å²) in [5.41, 5.74) is -0.581. The zero-order chi connectivity index (χ0) is 11.7. The Kier molecular flexibility index (Phi) is 3.76. The van der Waals surface area contributed by atoms with Gasteiger partial charge in [-0.3, -0.25) is 0 Å². The van der Waals surface area contributed by atoms with Gasteiger partial charge < -0.3 is 20.6 Å². The lowest BCUT2D eigenvalue weighted by Crippen LogP contribution is -2.61. The first-order chi connectivity index (χ1) is 6.85. The molecule has 1 rings (SSSR count). The Morgan fingerprint density at radius 1 is 1.33 bits per heavy atom. The van der Waals surface area contributed by atoms with Crippen molar-refractivity contribution in [1.82, 2.24) is 5.32 Å². The highest BCUT2D eigenvalue weighted by Crippen LogP contribution is 2.40. The molecule has 0 aliphatic heterocycles. The Morgan fingerprint density at radius 3 is 2.20 bits per heavy atom. The number of hydrogen-bond donors (Lipinski definition) is 4. The summed E-state index contributed by atoms with van der Waals surface area (Å²) >= 11 is 0. The van der Waals surface area contributed by atoms with Gasteiger partial charge in [-0.2, -0.15) is 0 Å².